The first-order chi connectivity index (χ1) is 10.6. The molecule has 22 heavy (non-hydrogen) atoms. The number of aromatic nitrogens is 1. The number of carboxylic acids is 1. The summed E-state index contributed by atoms with van der Waals surface area (Å²) in [6.07, 6.45) is 2.77. The molecule has 2 fully saturated rings. The highest BCUT2D eigenvalue weighted by Gasteiger charge is 2.54. The number of nitrogens with one attached hydrogen (secondary N) is 1. The Labute approximate surface area is 131 Å². The van der Waals surface area contributed by atoms with Crippen LogP contribution in [0.25, 0.3) is 10.2 Å². The van der Waals surface area contributed by atoms with Crippen molar-refractivity contribution in [2.75, 3.05) is 5.32 Å². The zero-order valence-corrected chi connectivity index (χ0v) is 12.7. The summed E-state index contributed by atoms with van der Waals surface area (Å²) in [5, 5.41) is 12.8. The van der Waals surface area contributed by atoms with E-state index in [2.05, 4.69) is 10.3 Å². The zero-order valence-electron chi connectivity index (χ0n) is 11.9. The molecule has 2 aromatic rings. The van der Waals surface area contributed by atoms with Crippen molar-refractivity contribution in [2.24, 2.45) is 23.7 Å². The van der Waals surface area contributed by atoms with Crippen molar-refractivity contribution in [2.45, 2.75) is 19.3 Å². The summed E-state index contributed by atoms with van der Waals surface area (Å²) in [5.41, 5.74) is 0.852. The lowest BCUT2D eigenvalue weighted by atomic mass is 9.79. The van der Waals surface area contributed by atoms with Crippen LogP contribution in [0.2, 0.25) is 0 Å². The first-order valence-corrected chi connectivity index (χ1v) is 8.34. The molecule has 0 aliphatic heterocycles. The lowest BCUT2D eigenvalue weighted by molar-refractivity contribution is -0.148. The van der Waals surface area contributed by atoms with Crippen molar-refractivity contribution < 1.29 is 14.7 Å². The predicted octanol–water partition coefficient (Wildman–Crippen LogP) is 2.98. The van der Waals surface area contributed by atoms with E-state index in [9.17, 15) is 14.7 Å². The highest BCUT2D eigenvalue weighted by Crippen LogP contribution is 2.52. The third-order valence-corrected chi connectivity index (χ3v) is 5.98. The molecule has 2 bridgehead atoms. The van der Waals surface area contributed by atoms with Gasteiger partial charge in [0, 0.05) is 0 Å². The Morgan fingerprint density at radius 3 is 2.64 bits per heavy atom. The Balaban J connectivity index is 1.57. The number of aliphatic carboxylic acids is 1. The third-order valence-electron chi connectivity index (χ3n) is 5.03. The van der Waals surface area contributed by atoms with E-state index in [1.165, 1.54) is 11.3 Å². The average Bonchev–Trinajstić information content (AvgIpc) is 3.19. The minimum absolute atomic E-state index is 0.161. The molecule has 2 aliphatic carbocycles. The normalized spacial score (nSPS) is 29.8. The Hall–Kier alpha value is -1.95. The maximum absolute atomic E-state index is 12.6. The van der Waals surface area contributed by atoms with Crippen molar-refractivity contribution in [1.29, 1.82) is 0 Å². The fourth-order valence-corrected chi connectivity index (χ4v) is 5.01. The maximum Gasteiger partial charge on any atom is 0.307 e. The first-order valence-electron chi connectivity index (χ1n) is 7.53. The Bertz CT molecular complexity index is 724. The number of hydrogen-bond acceptors (Lipinski definition) is 4. The molecule has 5 nitrogen and oxygen atoms in total. The van der Waals surface area contributed by atoms with Gasteiger partial charge in [-0.3, -0.25) is 9.59 Å². The molecule has 1 amide bonds. The van der Waals surface area contributed by atoms with Gasteiger partial charge >= 0.3 is 5.97 Å². The lowest BCUT2D eigenvalue weighted by Crippen LogP contribution is -2.37. The summed E-state index contributed by atoms with van der Waals surface area (Å²) >= 11 is 1.42. The molecule has 4 rings (SSSR count). The molecule has 1 heterocycles. The molecule has 4 atom stereocenters. The Morgan fingerprint density at radius 1 is 1.18 bits per heavy atom. The number of carbonyl (C=O) groups excluding carboxylic acids is 1. The number of amides is 1. The maximum atomic E-state index is 12.6. The molecular weight excluding hydrogens is 300 g/mol. The highest BCUT2D eigenvalue weighted by molar-refractivity contribution is 7.22. The second-order valence-corrected chi connectivity index (χ2v) is 7.23. The zero-order chi connectivity index (χ0) is 15.3. The molecule has 2 saturated carbocycles. The fraction of sp³-hybridized carbons (Fsp3) is 0.438. The number of anilines is 1. The quantitative estimate of drug-likeness (QED) is 0.912. The Kier molecular flexibility index (Phi) is 3.14. The molecule has 2 aliphatic rings. The van der Waals surface area contributed by atoms with E-state index in [1.54, 1.807) is 0 Å². The van der Waals surface area contributed by atoms with Crippen molar-refractivity contribution in [3.8, 4) is 0 Å². The smallest absolute Gasteiger partial charge is 0.307 e. The third kappa shape index (κ3) is 2.09. The van der Waals surface area contributed by atoms with Crippen molar-refractivity contribution >= 4 is 38.6 Å². The van der Waals surface area contributed by atoms with Gasteiger partial charge in [0.25, 0.3) is 0 Å². The molecular formula is C16H16N2O3S. The topological polar surface area (TPSA) is 79.3 Å². The molecule has 1 aromatic heterocycles. The number of carbonyl (C=O) groups is 2. The van der Waals surface area contributed by atoms with Gasteiger partial charge in [-0.2, -0.15) is 0 Å². The molecule has 0 unspecified atom stereocenters. The monoisotopic (exact) mass is 316 g/mol. The summed E-state index contributed by atoms with van der Waals surface area (Å²) in [4.78, 5) is 28.5. The number of benzene rings is 1. The van der Waals surface area contributed by atoms with E-state index in [0.717, 1.165) is 29.5 Å². The van der Waals surface area contributed by atoms with Crippen LogP contribution in [0.1, 0.15) is 19.3 Å². The minimum Gasteiger partial charge on any atom is -0.481 e. The van der Waals surface area contributed by atoms with Gasteiger partial charge in [-0.05, 0) is 43.2 Å². The van der Waals surface area contributed by atoms with E-state index >= 15 is 0 Å². The number of rotatable bonds is 3. The molecule has 114 valence electrons. The molecule has 0 radical (unpaired) electrons. The van der Waals surface area contributed by atoms with Crippen LogP contribution in [-0.4, -0.2) is 22.0 Å². The minimum atomic E-state index is -0.836. The molecule has 6 heteroatoms. The van der Waals surface area contributed by atoms with Crippen molar-refractivity contribution in [3.05, 3.63) is 24.3 Å². The van der Waals surface area contributed by atoms with Crippen LogP contribution in [0, 0.1) is 23.7 Å². The van der Waals surface area contributed by atoms with Crippen LogP contribution >= 0.6 is 11.3 Å². The van der Waals surface area contributed by atoms with Gasteiger partial charge in [-0.15, -0.1) is 0 Å². The van der Waals surface area contributed by atoms with E-state index in [0.29, 0.717) is 5.13 Å². The van der Waals surface area contributed by atoms with Crippen molar-refractivity contribution in [1.82, 2.24) is 4.98 Å². The summed E-state index contributed by atoms with van der Waals surface area (Å²) < 4.78 is 1.01. The summed E-state index contributed by atoms with van der Waals surface area (Å²) in [5.74, 6) is -1.60. The van der Waals surface area contributed by atoms with E-state index < -0.39 is 17.8 Å². The lowest BCUT2D eigenvalue weighted by Gasteiger charge is -2.26. The molecule has 2 N–H and O–H groups in total. The van der Waals surface area contributed by atoms with E-state index in [-0.39, 0.29) is 17.7 Å². The second-order valence-electron chi connectivity index (χ2n) is 6.20. The van der Waals surface area contributed by atoms with Crippen LogP contribution < -0.4 is 5.32 Å². The predicted molar refractivity (Wildman–Crippen MR) is 83.7 cm³/mol. The van der Waals surface area contributed by atoms with Gasteiger partial charge in [0.2, 0.25) is 5.91 Å². The number of fused-ring (bicyclic) bond motifs is 3. The van der Waals surface area contributed by atoms with Crippen LogP contribution in [0.3, 0.4) is 0 Å². The Morgan fingerprint density at radius 2 is 1.91 bits per heavy atom. The van der Waals surface area contributed by atoms with Crippen LogP contribution in [0.5, 0.6) is 0 Å². The van der Waals surface area contributed by atoms with Crippen LogP contribution in [0.4, 0.5) is 5.13 Å². The van der Waals surface area contributed by atoms with Crippen LogP contribution in [-0.2, 0) is 9.59 Å². The number of carboxylic acid groups (broad SMARTS) is 1. The van der Waals surface area contributed by atoms with Crippen molar-refractivity contribution in [3.63, 3.8) is 0 Å². The molecule has 0 saturated heterocycles. The van der Waals surface area contributed by atoms with Crippen LogP contribution in [0.15, 0.2) is 24.3 Å². The van der Waals surface area contributed by atoms with Gasteiger partial charge in [0.05, 0.1) is 22.1 Å². The SMILES string of the molecule is O=C(O)[C@@H]1[C@@H]2CC[C@@H](C2)[C@H]1C(=O)Nc1nc2ccccc2s1. The number of thiazole rings is 1. The number of nitrogens with zero attached hydrogens (tertiary/aromatic N) is 1. The fourth-order valence-electron chi connectivity index (χ4n) is 4.14. The number of para-hydroxylation sites is 1. The van der Waals surface area contributed by atoms with Gasteiger partial charge < -0.3 is 10.4 Å². The first kappa shape index (κ1) is 13.7. The summed E-state index contributed by atoms with van der Waals surface area (Å²) in [6, 6.07) is 7.70. The highest BCUT2D eigenvalue weighted by atomic mass is 32.1. The largest absolute Gasteiger partial charge is 0.481 e. The van der Waals surface area contributed by atoms with Gasteiger partial charge in [0.15, 0.2) is 5.13 Å². The van der Waals surface area contributed by atoms with Gasteiger partial charge in [-0.1, -0.05) is 23.5 Å². The number of hydrogen-bond donors (Lipinski definition) is 2. The van der Waals surface area contributed by atoms with Gasteiger partial charge in [-0.25, -0.2) is 4.98 Å². The van der Waals surface area contributed by atoms with Gasteiger partial charge in [0.1, 0.15) is 0 Å². The summed E-state index contributed by atoms with van der Waals surface area (Å²) in [6.45, 7) is 0. The average molecular weight is 316 g/mol. The van der Waals surface area contributed by atoms with E-state index in [1.807, 2.05) is 24.3 Å². The molecule has 1 aromatic carbocycles. The molecule has 0 spiro atoms. The second kappa shape index (κ2) is 5.05. The standard InChI is InChI=1S/C16H16N2O3S/c19-14(12-8-5-6-9(7-8)13(12)15(20)21)18-16-17-10-3-1-2-4-11(10)22-16/h1-4,8-9,12-13H,5-7H2,(H,20,21)(H,17,18,19)/t8-,9+,12+,13+/m0/s1. The van der Waals surface area contributed by atoms with E-state index in [4.69, 9.17) is 0 Å². The summed E-state index contributed by atoms with van der Waals surface area (Å²) in [7, 11) is 0.